The van der Waals surface area contributed by atoms with Crippen LogP contribution < -0.4 is 0 Å². The van der Waals surface area contributed by atoms with Gasteiger partial charge in [0.2, 0.25) is 0 Å². The molecule has 0 fully saturated rings. The summed E-state index contributed by atoms with van der Waals surface area (Å²) in [6.07, 6.45) is -0.646. The Kier molecular flexibility index (Phi) is 2.69. The van der Waals surface area contributed by atoms with Gasteiger partial charge in [-0.1, -0.05) is 17.7 Å². The second kappa shape index (κ2) is 3.94. The molecule has 0 amide bonds. The second-order valence-electron chi connectivity index (χ2n) is 4.63. The molecule has 2 rings (SSSR count). The topological polar surface area (TPSA) is 91.7 Å². The van der Waals surface area contributed by atoms with Crippen molar-refractivity contribution < 1.29 is 24.6 Å². The lowest BCUT2D eigenvalue weighted by Crippen LogP contribution is -2.45. The van der Waals surface area contributed by atoms with Crippen molar-refractivity contribution in [1.29, 1.82) is 0 Å². The molecule has 0 saturated carbocycles. The summed E-state index contributed by atoms with van der Waals surface area (Å²) in [5, 5.41) is 18.2. The van der Waals surface area contributed by atoms with Crippen LogP contribution in [0.1, 0.15) is 27.9 Å². The molecule has 1 aromatic rings. The Labute approximate surface area is 103 Å². The van der Waals surface area contributed by atoms with E-state index in [1.54, 1.807) is 18.2 Å². The summed E-state index contributed by atoms with van der Waals surface area (Å²) in [6.45, 7) is 1.82. The highest BCUT2D eigenvalue weighted by Crippen LogP contribution is 2.36. The lowest BCUT2D eigenvalue weighted by atomic mass is 9.70. The van der Waals surface area contributed by atoms with Gasteiger partial charge in [-0.05, 0) is 18.6 Å². The normalized spacial score (nSPS) is 17.1. The molecule has 1 aliphatic carbocycles. The van der Waals surface area contributed by atoms with Crippen LogP contribution >= 0.6 is 0 Å². The van der Waals surface area contributed by atoms with E-state index in [1.807, 2.05) is 6.92 Å². The number of hydrogen-bond acceptors (Lipinski definition) is 3. The van der Waals surface area contributed by atoms with E-state index in [1.165, 1.54) is 0 Å². The largest absolute Gasteiger partial charge is 0.480 e. The SMILES string of the molecule is Cc1ccc2c(c1)C(=O)CC(C(=O)O)(C(=O)O)C2. The fraction of sp³-hybridized carbons (Fsp3) is 0.308. The molecular weight excluding hydrogens is 236 g/mol. The molecule has 5 heteroatoms. The van der Waals surface area contributed by atoms with Gasteiger partial charge >= 0.3 is 11.9 Å². The van der Waals surface area contributed by atoms with Crippen LogP contribution in [0.5, 0.6) is 0 Å². The lowest BCUT2D eigenvalue weighted by Gasteiger charge is -2.29. The first-order valence-corrected chi connectivity index (χ1v) is 5.46. The van der Waals surface area contributed by atoms with Gasteiger partial charge in [0.1, 0.15) is 0 Å². The third-order valence-corrected chi connectivity index (χ3v) is 3.34. The number of carboxylic acid groups (broad SMARTS) is 2. The molecule has 1 aliphatic rings. The average Bonchev–Trinajstić information content (AvgIpc) is 2.29. The molecule has 0 aliphatic heterocycles. The predicted octanol–water partition coefficient (Wildman–Crippen LogP) is 1.28. The van der Waals surface area contributed by atoms with Crippen molar-refractivity contribution in [3.63, 3.8) is 0 Å². The van der Waals surface area contributed by atoms with Gasteiger partial charge < -0.3 is 10.2 Å². The number of carbonyl (C=O) groups is 3. The molecular formula is C13H12O5. The van der Waals surface area contributed by atoms with Crippen molar-refractivity contribution in [1.82, 2.24) is 0 Å². The number of carbonyl (C=O) groups excluding carboxylic acids is 1. The summed E-state index contributed by atoms with van der Waals surface area (Å²) in [6, 6.07) is 5.04. The first-order valence-electron chi connectivity index (χ1n) is 5.46. The first kappa shape index (κ1) is 12.3. The number of Topliss-reactive ketones (excluding diaryl/α,β-unsaturated/α-hetero) is 1. The van der Waals surface area contributed by atoms with E-state index < -0.39 is 29.6 Å². The minimum atomic E-state index is -2.03. The molecule has 0 radical (unpaired) electrons. The molecule has 94 valence electrons. The number of aryl methyl sites for hydroxylation is 1. The van der Waals surface area contributed by atoms with E-state index in [2.05, 4.69) is 0 Å². The van der Waals surface area contributed by atoms with Crippen molar-refractivity contribution >= 4 is 17.7 Å². The van der Waals surface area contributed by atoms with E-state index >= 15 is 0 Å². The Morgan fingerprint density at radius 1 is 1.17 bits per heavy atom. The second-order valence-corrected chi connectivity index (χ2v) is 4.63. The zero-order valence-electron chi connectivity index (χ0n) is 9.77. The van der Waals surface area contributed by atoms with Crippen LogP contribution in [0.3, 0.4) is 0 Å². The number of carboxylic acids is 2. The predicted molar refractivity (Wildman–Crippen MR) is 61.5 cm³/mol. The highest BCUT2D eigenvalue weighted by atomic mass is 16.4. The highest BCUT2D eigenvalue weighted by Gasteiger charge is 2.51. The highest BCUT2D eigenvalue weighted by molar-refractivity contribution is 6.09. The van der Waals surface area contributed by atoms with Gasteiger partial charge in [0.05, 0.1) is 0 Å². The molecule has 2 N–H and O–H groups in total. The standard InChI is InChI=1S/C13H12O5/c1-7-2-3-8-5-13(11(15)16,12(17)18)6-10(14)9(8)4-7/h2-4H,5-6H2,1H3,(H,15,16)(H,17,18). The Balaban J connectivity index is 2.56. The van der Waals surface area contributed by atoms with Crippen molar-refractivity contribution in [2.24, 2.45) is 5.41 Å². The lowest BCUT2D eigenvalue weighted by molar-refractivity contribution is -0.164. The van der Waals surface area contributed by atoms with Gasteiger partial charge in [0.25, 0.3) is 0 Å². The van der Waals surface area contributed by atoms with Gasteiger partial charge in [0, 0.05) is 18.4 Å². The number of fused-ring (bicyclic) bond motifs is 1. The zero-order chi connectivity index (χ0) is 13.5. The number of aliphatic carboxylic acids is 2. The number of ketones is 1. The van der Waals surface area contributed by atoms with Crippen LogP contribution in [-0.4, -0.2) is 27.9 Å². The molecule has 0 unspecified atom stereocenters. The monoisotopic (exact) mass is 248 g/mol. The molecule has 0 bridgehead atoms. The summed E-state index contributed by atoms with van der Waals surface area (Å²) in [5.74, 6) is -3.35. The molecule has 0 heterocycles. The molecule has 1 aromatic carbocycles. The Hall–Kier alpha value is -2.17. The number of benzene rings is 1. The first-order chi connectivity index (χ1) is 8.36. The van der Waals surface area contributed by atoms with Crippen LogP contribution in [0.2, 0.25) is 0 Å². The maximum absolute atomic E-state index is 11.9. The maximum atomic E-state index is 11.9. The van der Waals surface area contributed by atoms with Gasteiger partial charge in [-0.3, -0.25) is 14.4 Å². The molecule has 0 saturated heterocycles. The summed E-state index contributed by atoms with van der Waals surface area (Å²) >= 11 is 0. The molecule has 18 heavy (non-hydrogen) atoms. The zero-order valence-corrected chi connectivity index (χ0v) is 9.77. The molecule has 5 nitrogen and oxygen atoms in total. The van der Waals surface area contributed by atoms with Gasteiger partial charge in [-0.25, -0.2) is 0 Å². The van der Waals surface area contributed by atoms with E-state index in [-0.39, 0.29) is 6.42 Å². The minimum Gasteiger partial charge on any atom is -0.480 e. The Bertz CT molecular complexity index is 545. The van der Waals surface area contributed by atoms with E-state index in [4.69, 9.17) is 10.2 Å². The Morgan fingerprint density at radius 2 is 1.78 bits per heavy atom. The van der Waals surface area contributed by atoms with E-state index in [0.717, 1.165) is 5.56 Å². The molecule has 0 spiro atoms. The third-order valence-electron chi connectivity index (χ3n) is 3.34. The summed E-state index contributed by atoms with van der Waals surface area (Å²) in [4.78, 5) is 34.3. The van der Waals surface area contributed by atoms with Crippen LogP contribution in [0.25, 0.3) is 0 Å². The summed E-state index contributed by atoms with van der Waals surface area (Å²) in [7, 11) is 0. The third kappa shape index (κ3) is 1.68. The molecule has 0 aromatic heterocycles. The van der Waals surface area contributed by atoms with E-state index in [9.17, 15) is 14.4 Å². The van der Waals surface area contributed by atoms with Crippen LogP contribution in [0.15, 0.2) is 18.2 Å². The van der Waals surface area contributed by atoms with Crippen LogP contribution in [-0.2, 0) is 16.0 Å². The number of hydrogen-bond donors (Lipinski definition) is 2. The fourth-order valence-corrected chi connectivity index (χ4v) is 2.25. The molecule has 0 atom stereocenters. The van der Waals surface area contributed by atoms with Crippen LogP contribution in [0, 0.1) is 12.3 Å². The quantitative estimate of drug-likeness (QED) is 0.769. The van der Waals surface area contributed by atoms with Gasteiger partial charge in [-0.15, -0.1) is 0 Å². The van der Waals surface area contributed by atoms with Crippen LogP contribution in [0.4, 0.5) is 0 Å². The van der Waals surface area contributed by atoms with Crippen molar-refractivity contribution in [3.05, 3.63) is 34.9 Å². The minimum absolute atomic E-state index is 0.154. The van der Waals surface area contributed by atoms with Crippen molar-refractivity contribution in [2.45, 2.75) is 19.8 Å². The van der Waals surface area contributed by atoms with Gasteiger partial charge in [-0.2, -0.15) is 0 Å². The van der Waals surface area contributed by atoms with Crippen molar-refractivity contribution in [2.75, 3.05) is 0 Å². The van der Waals surface area contributed by atoms with Crippen molar-refractivity contribution in [3.8, 4) is 0 Å². The summed E-state index contributed by atoms with van der Waals surface area (Å²) < 4.78 is 0. The van der Waals surface area contributed by atoms with Gasteiger partial charge in [0.15, 0.2) is 11.2 Å². The van der Waals surface area contributed by atoms with E-state index in [0.29, 0.717) is 11.1 Å². The smallest absolute Gasteiger partial charge is 0.321 e. The Morgan fingerprint density at radius 3 is 2.33 bits per heavy atom. The average molecular weight is 248 g/mol. The maximum Gasteiger partial charge on any atom is 0.321 e. The summed E-state index contributed by atoms with van der Waals surface area (Å²) in [5.41, 5.74) is -0.214. The number of rotatable bonds is 2. The fourth-order valence-electron chi connectivity index (χ4n) is 2.25.